The number of hydrogen-bond donors (Lipinski definition) is 0. The van der Waals surface area contributed by atoms with Crippen LogP contribution in [0.25, 0.3) is 32.8 Å². The number of fused-ring (bicyclic) bond motifs is 6. The van der Waals surface area contributed by atoms with E-state index in [0.29, 0.717) is 17.1 Å². The number of pyridine rings is 1. The molecule has 5 aromatic rings. The van der Waals surface area contributed by atoms with Gasteiger partial charge in [-0.25, -0.2) is 4.79 Å². The number of aromatic nitrogens is 1. The van der Waals surface area contributed by atoms with Gasteiger partial charge in [0, 0.05) is 12.5 Å². The van der Waals surface area contributed by atoms with Gasteiger partial charge in [0.25, 0.3) is 0 Å². The number of nitrogens with zero attached hydrogens (tertiary/aromatic N) is 1. The van der Waals surface area contributed by atoms with Crippen molar-refractivity contribution in [2.45, 2.75) is 13.0 Å². The van der Waals surface area contributed by atoms with Crippen molar-refractivity contribution in [2.75, 3.05) is 13.9 Å². The summed E-state index contributed by atoms with van der Waals surface area (Å²) in [6.07, 6.45) is 2.91. The van der Waals surface area contributed by atoms with Gasteiger partial charge in [-0.05, 0) is 52.1 Å². The third-order valence-electron chi connectivity index (χ3n) is 7.00. The third-order valence-corrected chi connectivity index (χ3v) is 7.00. The summed E-state index contributed by atoms with van der Waals surface area (Å²) in [4.78, 5) is 13.4. The Bertz CT molecular complexity index is 1710. The van der Waals surface area contributed by atoms with Crippen molar-refractivity contribution in [1.82, 2.24) is 0 Å². The number of aryl methyl sites for hydroxylation is 2. The molecular formula is C30H22ClNO5. The lowest BCUT2D eigenvalue weighted by atomic mass is 9.95. The highest BCUT2D eigenvalue weighted by Gasteiger charge is 2.29. The van der Waals surface area contributed by atoms with Crippen LogP contribution in [-0.2, 0) is 13.0 Å². The van der Waals surface area contributed by atoms with E-state index in [9.17, 15) is 4.79 Å². The first kappa shape index (κ1) is 23.1. The Morgan fingerprint density at radius 2 is 1.70 bits per heavy atom. The van der Waals surface area contributed by atoms with E-state index in [4.69, 9.17) is 18.9 Å². The molecule has 184 valence electrons. The summed E-state index contributed by atoms with van der Waals surface area (Å²) in [6, 6.07) is 23.5. The molecule has 0 unspecified atom stereocenters. The molecular weight excluding hydrogens is 490 g/mol. The van der Waals surface area contributed by atoms with Crippen molar-refractivity contribution < 1.29 is 40.7 Å². The predicted octanol–water partition coefficient (Wildman–Crippen LogP) is 2.46. The molecule has 6 nitrogen and oxygen atoms in total. The molecule has 0 amide bonds. The van der Waals surface area contributed by atoms with Gasteiger partial charge in [-0.3, -0.25) is 0 Å². The summed E-state index contributed by atoms with van der Waals surface area (Å²) in [6.45, 7) is 1.05. The molecule has 4 aromatic carbocycles. The van der Waals surface area contributed by atoms with Crippen LogP contribution in [0.1, 0.15) is 15.9 Å². The fraction of sp³-hybridized carbons (Fsp3) is 0.133. The summed E-state index contributed by atoms with van der Waals surface area (Å²) in [5.74, 6) is 2.08. The van der Waals surface area contributed by atoms with Crippen LogP contribution in [0.15, 0.2) is 79.0 Å². The van der Waals surface area contributed by atoms with E-state index in [0.717, 1.165) is 57.3 Å². The van der Waals surface area contributed by atoms with Crippen LogP contribution >= 0.6 is 0 Å². The summed E-state index contributed by atoms with van der Waals surface area (Å²) < 4.78 is 25.1. The maximum Gasteiger partial charge on any atom is 0.344 e. The zero-order valence-corrected chi connectivity index (χ0v) is 20.7. The van der Waals surface area contributed by atoms with E-state index in [-0.39, 0.29) is 19.2 Å². The SMILES string of the molecule is COc1ccc2cc3[n+](cc2c1OC(=O)c1cccc2ccccc12)CCc1cc2c(cc1-3)OCO2.[Cl-]. The maximum atomic E-state index is 13.4. The summed E-state index contributed by atoms with van der Waals surface area (Å²) in [5.41, 5.74) is 3.95. The minimum absolute atomic E-state index is 0. The summed E-state index contributed by atoms with van der Waals surface area (Å²) in [5, 5.41) is 3.61. The molecule has 37 heavy (non-hydrogen) atoms. The van der Waals surface area contributed by atoms with Crippen LogP contribution in [0.4, 0.5) is 0 Å². The van der Waals surface area contributed by atoms with Gasteiger partial charge in [0.15, 0.2) is 35.7 Å². The van der Waals surface area contributed by atoms with Gasteiger partial charge in [-0.1, -0.05) is 36.4 Å². The highest BCUT2D eigenvalue weighted by molar-refractivity contribution is 6.06. The molecule has 0 spiro atoms. The molecule has 0 aliphatic carbocycles. The molecule has 7 heteroatoms. The highest BCUT2D eigenvalue weighted by Crippen LogP contribution is 2.42. The molecule has 7 rings (SSSR count). The molecule has 0 atom stereocenters. The fourth-order valence-corrected chi connectivity index (χ4v) is 5.21. The van der Waals surface area contributed by atoms with E-state index in [1.165, 1.54) is 5.56 Å². The number of halogens is 1. The molecule has 0 saturated carbocycles. The first-order chi connectivity index (χ1) is 17.7. The number of rotatable bonds is 3. The Morgan fingerprint density at radius 1 is 0.892 bits per heavy atom. The van der Waals surface area contributed by atoms with E-state index < -0.39 is 5.97 Å². The van der Waals surface area contributed by atoms with E-state index in [1.54, 1.807) is 13.2 Å². The van der Waals surface area contributed by atoms with Gasteiger partial charge in [0.2, 0.25) is 12.5 Å². The van der Waals surface area contributed by atoms with E-state index in [1.807, 2.05) is 54.7 Å². The standard InChI is InChI=1S/C30H22NO5.ClH/c1-33-26-10-9-19-13-25-23-15-28-27(34-17-35-28)14-20(23)11-12-31(25)16-24(19)29(26)36-30(32)22-8-4-6-18-5-2-3-7-21(18)22;/h2-10,13-16H,11-12,17H2,1H3;1H/q+1;/p-1. The lowest BCUT2D eigenvalue weighted by molar-refractivity contribution is -0.686. The first-order valence-corrected chi connectivity index (χ1v) is 11.9. The average Bonchev–Trinajstić information content (AvgIpc) is 3.38. The molecule has 0 fully saturated rings. The number of carbonyl (C=O) groups excluding carboxylic acids is 1. The molecule has 0 radical (unpaired) electrons. The van der Waals surface area contributed by atoms with Gasteiger partial charge in [0.1, 0.15) is 0 Å². The van der Waals surface area contributed by atoms with Gasteiger partial charge < -0.3 is 31.4 Å². The van der Waals surface area contributed by atoms with Crippen molar-refractivity contribution in [3.63, 3.8) is 0 Å². The molecule has 0 N–H and O–H groups in total. The largest absolute Gasteiger partial charge is 1.00 e. The Balaban J connectivity index is 0.00000252. The average molecular weight is 512 g/mol. The van der Waals surface area contributed by atoms with Crippen molar-refractivity contribution in [3.8, 4) is 34.3 Å². The van der Waals surface area contributed by atoms with Gasteiger partial charge >= 0.3 is 5.97 Å². The van der Waals surface area contributed by atoms with Crippen molar-refractivity contribution in [3.05, 3.63) is 90.1 Å². The lowest BCUT2D eigenvalue weighted by Gasteiger charge is -2.17. The number of esters is 1. The zero-order valence-electron chi connectivity index (χ0n) is 20.0. The van der Waals surface area contributed by atoms with Gasteiger partial charge in [-0.15, -0.1) is 0 Å². The number of carbonyl (C=O) groups is 1. The number of methoxy groups -OCH3 is 1. The molecule has 0 bridgehead atoms. The van der Waals surface area contributed by atoms with Gasteiger partial charge in [0.05, 0.1) is 23.6 Å². The normalized spacial score (nSPS) is 13.0. The number of benzene rings is 4. The fourth-order valence-electron chi connectivity index (χ4n) is 5.21. The molecule has 1 aromatic heterocycles. The number of ether oxygens (including phenoxy) is 4. The summed E-state index contributed by atoms with van der Waals surface area (Å²) >= 11 is 0. The Hall–Kier alpha value is -4.29. The summed E-state index contributed by atoms with van der Waals surface area (Å²) in [7, 11) is 1.58. The van der Waals surface area contributed by atoms with Crippen molar-refractivity contribution >= 4 is 27.5 Å². The van der Waals surface area contributed by atoms with Crippen molar-refractivity contribution in [1.29, 1.82) is 0 Å². The maximum absolute atomic E-state index is 13.4. The van der Waals surface area contributed by atoms with Crippen LogP contribution in [-0.4, -0.2) is 19.9 Å². The van der Waals surface area contributed by atoms with E-state index in [2.05, 4.69) is 22.8 Å². The second-order valence-corrected chi connectivity index (χ2v) is 8.98. The third kappa shape index (κ3) is 3.72. The topological polar surface area (TPSA) is 57.9 Å². The quantitative estimate of drug-likeness (QED) is 0.212. The Kier molecular flexibility index (Phi) is 5.61. The van der Waals surface area contributed by atoms with E-state index >= 15 is 0 Å². The van der Waals surface area contributed by atoms with Gasteiger partial charge in [-0.2, -0.15) is 4.57 Å². The molecule has 3 heterocycles. The second-order valence-electron chi connectivity index (χ2n) is 8.98. The molecule has 2 aliphatic rings. The minimum Gasteiger partial charge on any atom is -1.00 e. The van der Waals surface area contributed by atoms with Crippen molar-refractivity contribution in [2.24, 2.45) is 0 Å². The van der Waals surface area contributed by atoms with Crippen LogP contribution in [0.2, 0.25) is 0 Å². The smallest absolute Gasteiger partial charge is 0.344 e. The number of hydrogen-bond acceptors (Lipinski definition) is 5. The predicted molar refractivity (Wildman–Crippen MR) is 135 cm³/mol. The molecule has 2 aliphatic heterocycles. The Morgan fingerprint density at radius 3 is 2.57 bits per heavy atom. The second kappa shape index (κ2) is 8.98. The minimum atomic E-state index is -0.418. The first-order valence-electron chi connectivity index (χ1n) is 11.9. The molecule has 0 saturated heterocycles. The van der Waals surface area contributed by atoms with Crippen LogP contribution in [0.3, 0.4) is 0 Å². The van der Waals surface area contributed by atoms with Crippen LogP contribution in [0.5, 0.6) is 23.0 Å². The van der Waals surface area contributed by atoms with Crippen LogP contribution < -0.4 is 35.9 Å². The highest BCUT2D eigenvalue weighted by atomic mass is 35.5. The van der Waals surface area contributed by atoms with Crippen LogP contribution in [0, 0.1) is 0 Å². The lowest BCUT2D eigenvalue weighted by Crippen LogP contribution is -3.00. The Labute approximate surface area is 219 Å². The monoisotopic (exact) mass is 511 g/mol. The zero-order chi connectivity index (χ0) is 24.2.